The third kappa shape index (κ3) is 3.64. The number of carbonyl (C=O) groups excluding carboxylic acids is 1. The molecule has 0 saturated heterocycles. The van der Waals surface area contributed by atoms with Gasteiger partial charge in [-0.3, -0.25) is 9.36 Å². The Balaban J connectivity index is 2.14. The van der Waals surface area contributed by atoms with Gasteiger partial charge in [-0.05, 0) is 20.3 Å². The first kappa shape index (κ1) is 15.6. The zero-order chi connectivity index (χ0) is 15.4. The molecule has 112 valence electrons. The topological polar surface area (TPSA) is 67.8 Å². The summed E-state index contributed by atoms with van der Waals surface area (Å²) in [5.74, 6) is 0.0403. The normalized spacial score (nSPS) is 12.3. The minimum Gasteiger partial charge on any atom is -0.293 e. The van der Waals surface area contributed by atoms with E-state index < -0.39 is 0 Å². The second kappa shape index (κ2) is 6.76. The van der Waals surface area contributed by atoms with Crippen LogP contribution in [0.1, 0.15) is 36.2 Å². The molecule has 0 bridgehead atoms. The molecule has 2 aromatic rings. The van der Waals surface area contributed by atoms with E-state index in [-0.39, 0.29) is 16.7 Å². The molecular formula is C15H19N3O2S. The Bertz CT molecular complexity index is 673. The number of Topliss-reactive ketones (excluding diaryl/α,β-unsaturated/α-hetero) is 1. The fourth-order valence-electron chi connectivity index (χ4n) is 1.98. The van der Waals surface area contributed by atoms with Crippen molar-refractivity contribution < 1.29 is 4.79 Å². The third-order valence-electron chi connectivity index (χ3n) is 3.16. The van der Waals surface area contributed by atoms with Crippen LogP contribution in [0.25, 0.3) is 0 Å². The fraction of sp³-hybridized carbons (Fsp3) is 0.400. The van der Waals surface area contributed by atoms with Crippen LogP contribution in [0.3, 0.4) is 0 Å². The van der Waals surface area contributed by atoms with Gasteiger partial charge in [-0.25, -0.2) is 9.89 Å². The summed E-state index contributed by atoms with van der Waals surface area (Å²) in [7, 11) is 0. The van der Waals surface area contributed by atoms with Crippen molar-refractivity contribution in [2.24, 2.45) is 0 Å². The quantitative estimate of drug-likeness (QED) is 0.658. The summed E-state index contributed by atoms with van der Waals surface area (Å²) in [5.41, 5.74) is 1.57. The van der Waals surface area contributed by atoms with Gasteiger partial charge in [-0.2, -0.15) is 0 Å². The first-order chi connectivity index (χ1) is 10.0. The van der Waals surface area contributed by atoms with E-state index in [1.165, 1.54) is 11.8 Å². The van der Waals surface area contributed by atoms with Crippen LogP contribution in [0.4, 0.5) is 0 Å². The lowest BCUT2D eigenvalue weighted by Gasteiger charge is -2.10. The van der Waals surface area contributed by atoms with Gasteiger partial charge in [0.1, 0.15) is 0 Å². The van der Waals surface area contributed by atoms with Crippen LogP contribution < -0.4 is 5.69 Å². The van der Waals surface area contributed by atoms with Crippen LogP contribution in [0.15, 0.2) is 34.2 Å². The van der Waals surface area contributed by atoms with Crippen molar-refractivity contribution in [1.82, 2.24) is 14.8 Å². The average molecular weight is 305 g/mol. The van der Waals surface area contributed by atoms with Crippen LogP contribution in [-0.4, -0.2) is 25.8 Å². The molecule has 1 aromatic heterocycles. The van der Waals surface area contributed by atoms with Crippen molar-refractivity contribution >= 4 is 17.5 Å². The number of thioether (sulfide) groups is 1. The zero-order valence-corrected chi connectivity index (χ0v) is 13.2. The van der Waals surface area contributed by atoms with E-state index in [2.05, 4.69) is 10.2 Å². The number of hydrogen-bond donors (Lipinski definition) is 1. The predicted octanol–water partition coefficient (Wildman–Crippen LogP) is 2.65. The summed E-state index contributed by atoms with van der Waals surface area (Å²) in [6.45, 7) is 6.42. The SMILES string of the molecule is CCCn1c(S[C@H](C)C(=O)c2ccc(C)cc2)n[nH]c1=O. The number of nitrogens with one attached hydrogen (secondary N) is 1. The van der Waals surface area contributed by atoms with Gasteiger partial charge in [0, 0.05) is 12.1 Å². The van der Waals surface area contributed by atoms with Gasteiger partial charge in [-0.15, -0.1) is 5.10 Å². The molecule has 0 spiro atoms. The standard InChI is InChI=1S/C15H19N3O2S/c1-4-9-18-14(20)16-17-15(18)21-11(3)13(19)12-7-5-10(2)6-8-12/h5-8,11H,4,9H2,1-3H3,(H,16,20)/t11-/m1/s1. The molecule has 0 fully saturated rings. The zero-order valence-electron chi connectivity index (χ0n) is 12.4. The van der Waals surface area contributed by atoms with Gasteiger partial charge < -0.3 is 0 Å². The van der Waals surface area contributed by atoms with Gasteiger partial charge in [0.15, 0.2) is 10.9 Å². The van der Waals surface area contributed by atoms with Crippen molar-refractivity contribution in [2.45, 2.75) is 44.1 Å². The smallest absolute Gasteiger partial charge is 0.293 e. The fourth-order valence-corrected chi connectivity index (χ4v) is 2.94. The predicted molar refractivity (Wildman–Crippen MR) is 84.0 cm³/mol. The van der Waals surface area contributed by atoms with E-state index >= 15 is 0 Å². The van der Waals surface area contributed by atoms with Gasteiger partial charge in [-0.1, -0.05) is 48.5 Å². The summed E-state index contributed by atoms with van der Waals surface area (Å²) in [5, 5.41) is 6.71. The van der Waals surface area contributed by atoms with E-state index in [9.17, 15) is 9.59 Å². The number of H-pyrrole nitrogens is 1. The monoisotopic (exact) mass is 305 g/mol. The van der Waals surface area contributed by atoms with Gasteiger partial charge >= 0.3 is 5.69 Å². The number of aryl methyl sites for hydroxylation is 1. The van der Waals surface area contributed by atoms with Crippen molar-refractivity contribution in [3.05, 3.63) is 45.9 Å². The Morgan fingerprint density at radius 3 is 2.67 bits per heavy atom. The van der Waals surface area contributed by atoms with E-state index in [4.69, 9.17) is 0 Å². The molecule has 6 heteroatoms. The van der Waals surface area contributed by atoms with E-state index in [1.807, 2.05) is 45.0 Å². The molecule has 0 saturated carbocycles. The minimum absolute atomic E-state index is 0.0403. The number of aromatic amines is 1. The second-order valence-electron chi connectivity index (χ2n) is 4.95. The molecule has 1 heterocycles. The molecule has 1 atom stereocenters. The Hall–Kier alpha value is -1.82. The molecular weight excluding hydrogens is 286 g/mol. The molecule has 0 unspecified atom stereocenters. The first-order valence-corrected chi connectivity index (χ1v) is 7.83. The van der Waals surface area contributed by atoms with Crippen LogP contribution >= 0.6 is 11.8 Å². The second-order valence-corrected chi connectivity index (χ2v) is 6.26. The highest BCUT2D eigenvalue weighted by Crippen LogP contribution is 2.23. The summed E-state index contributed by atoms with van der Waals surface area (Å²) in [6.07, 6.45) is 0.841. The largest absolute Gasteiger partial charge is 0.343 e. The molecule has 1 aromatic carbocycles. The summed E-state index contributed by atoms with van der Waals surface area (Å²) < 4.78 is 1.57. The lowest BCUT2D eigenvalue weighted by molar-refractivity contribution is 0.0994. The van der Waals surface area contributed by atoms with Crippen LogP contribution in [0.2, 0.25) is 0 Å². The third-order valence-corrected chi connectivity index (χ3v) is 4.25. The number of aromatic nitrogens is 3. The lowest BCUT2D eigenvalue weighted by atomic mass is 10.1. The Labute approximate surface area is 127 Å². The first-order valence-electron chi connectivity index (χ1n) is 6.95. The molecule has 0 radical (unpaired) electrons. The number of carbonyl (C=O) groups is 1. The van der Waals surface area contributed by atoms with Crippen LogP contribution in [0, 0.1) is 6.92 Å². The maximum absolute atomic E-state index is 12.4. The molecule has 0 amide bonds. The summed E-state index contributed by atoms with van der Waals surface area (Å²) in [4.78, 5) is 24.0. The van der Waals surface area contributed by atoms with Gasteiger partial charge in [0.2, 0.25) is 0 Å². The lowest BCUT2D eigenvalue weighted by Crippen LogP contribution is -2.19. The molecule has 0 aliphatic carbocycles. The molecule has 5 nitrogen and oxygen atoms in total. The highest BCUT2D eigenvalue weighted by atomic mass is 32.2. The van der Waals surface area contributed by atoms with Crippen molar-refractivity contribution in [3.8, 4) is 0 Å². The highest BCUT2D eigenvalue weighted by molar-refractivity contribution is 8.00. The molecule has 21 heavy (non-hydrogen) atoms. The molecule has 0 aliphatic heterocycles. The maximum atomic E-state index is 12.4. The van der Waals surface area contributed by atoms with Gasteiger partial charge in [0.25, 0.3) is 0 Å². The number of rotatable bonds is 6. The number of hydrogen-bond acceptors (Lipinski definition) is 4. The van der Waals surface area contributed by atoms with Gasteiger partial charge in [0.05, 0.1) is 5.25 Å². The highest BCUT2D eigenvalue weighted by Gasteiger charge is 2.20. The summed E-state index contributed by atoms with van der Waals surface area (Å²) >= 11 is 1.31. The summed E-state index contributed by atoms with van der Waals surface area (Å²) in [6, 6.07) is 7.51. The van der Waals surface area contributed by atoms with Crippen molar-refractivity contribution in [3.63, 3.8) is 0 Å². The molecule has 0 aliphatic rings. The number of nitrogens with zero attached hydrogens (tertiary/aromatic N) is 2. The van der Waals surface area contributed by atoms with Crippen molar-refractivity contribution in [1.29, 1.82) is 0 Å². The Morgan fingerprint density at radius 1 is 1.38 bits per heavy atom. The minimum atomic E-state index is -0.293. The number of ketones is 1. The maximum Gasteiger partial charge on any atom is 0.343 e. The van der Waals surface area contributed by atoms with E-state index in [0.717, 1.165) is 12.0 Å². The Kier molecular flexibility index (Phi) is 5.01. The molecule has 1 N–H and O–H groups in total. The van der Waals surface area contributed by atoms with E-state index in [0.29, 0.717) is 17.3 Å². The number of benzene rings is 1. The van der Waals surface area contributed by atoms with Crippen LogP contribution in [-0.2, 0) is 6.54 Å². The van der Waals surface area contributed by atoms with Crippen LogP contribution in [0.5, 0.6) is 0 Å². The molecule has 2 rings (SSSR count). The van der Waals surface area contributed by atoms with E-state index in [1.54, 1.807) is 4.57 Å². The van der Waals surface area contributed by atoms with Crippen molar-refractivity contribution in [2.75, 3.05) is 0 Å². The average Bonchev–Trinajstić information content (AvgIpc) is 2.81. The Morgan fingerprint density at radius 2 is 2.05 bits per heavy atom.